The van der Waals surface area contributed by atoms with E-state index >= 15 is 0 Å². The van der Waals surface area contributed by atoms with Gasteiger partial charge in [0.2, 0.25) is 0 Å². The Hall–Kier alpha value is -2.05. The van der Waals surface area contributed by atoms with E-state index in [-0.39, 0.29) is 5.91 Å². The van der Waals surface area contributed by atoms with Gasteiger partial charge in [-0.15, -0.1) is 0 Å². The van der Waals surface area contributed by atoms with Crippen molar-refractivity contribution in [2.75, 3.05) is 19.7 Å². The second kappa shape index (κ2) is 9.43. The third-order valence-electron chi connectivity index (χ3n) is 4.74. The van der Waals surface area contributed by atoms with Crippen LogP contribution in [0, 0.1) is 12.8 Å². The molecule has 0 spiro atoms. The SMILES string of the molecule is Cc1cc(C(=O)NN2CCCCC2)nn1Cc1cc(Cl)ccc1OCC(C)C. The molecule has 7 heteroatoms. The quantitative estimate of drug-likeness (QED) is 0.756. The van der Waals surface area contributed by atoms with Crippen LogP contribution in [0.2, 0.25) is 5.02 Å². The number of hydrogen-bond donors (Lipinski definition) is 1. The first-order valence-electron chi connectivity index (χ1n) is 9.94. The molecule has 1 aliphatic heterocycles. The van der Waals surface area contributed by atoms with Crippen LogP contribution < -0.4 is 10.2 Å². The van der Waals surface area contributed by atoms with E-state index in [2.05, 4.69) is 24.4 Å². The van der Waals surface area contributed by atoms with Crippen LogP contribution in [0.15, 0.2) is 24.3 Å². The van der Waals surface area contributed by atoms with Gasteiger partial charge in [0, 0.05) is 29.4 Å². The summed E-state index contributed by atoms with van der Waals surface area (Å²) in [6.07, 6.45) is 3.45. The molecular weight excluding hydrogens is 376 g/mol. The average molecular weight is 405 g/mol. The van der Waals surface area contributed by atoms with Crippen LogP contribution >= 0.6 is 11.6 Å². The minimum Gasteiger partial charge on any atom is -0.493 e. The largest absolute Gasteiger partial charge is 0.493 e. The molecule has 2 aromatic rings. The molecule has 28 heavy (non-hydrogen) atoms. The molecule has 1 N–H and O–H groups in total. The maximum absolute atomic E-state index is 12.6. The highest BCUT2D eigenvalue weighted by atomic mass is 35.5. The molecule has 152 valence electrons. The number of hydrazine groups is 1. The number of ether oxygens (including phenoxy) is 1. The molecule has 0 aliphatic carbocycles. The molecule has 1 fully saturated rings. The van der Waals surface area contributed by atoms with E-state index in [0.29, 0.717) is 29.8 Å². The Kier molecular flexibility index (Phi) is 6.97. The van der Waals surface area contributed by atoms with E-state index in [9.17, 15) is 4.79 Å². The van der Waals surface area contributed by atoms with E-state index in [1.165, 1.54) is 6.42 Å². The van der Waals surface area contributed by atoms with Gasteiger partial charge < -0.3 is 4.74 Å². The lowest BCUT2D eigenvalue weighted by atomic mass is 10.2. The highest BCUT2D eigenvalue weighted by Crippen LogP contribution is 2.25. The van der Waals surface area contributed by atoms with Crippen LogP contribution in [0.3, 0.4) is 0 Å². The van der Waals surface area contributed by atoms with Gasteiger partial charge in [0.1, 0.15) is 5.75 Å². The summed E-state index contributed by atoms with van der Waals surface area (Å²) in [5, 5.41) is 7.15. The van der Waals surface area contributed by atoms with Gasteiger partial charge >= 0.3 is 0 Å². The van der Waals surface area contributed by atoms with Crippen molar-refractivity contribution in [3.8, 4) is 5.75 Å². The van der Waals surface area contributed by atoms with Crippen molar-refractivity contribution in [2.24, 2.45) is 5.92 Å². The molecule has 1 amide bonds. The Labute approximate surface area is 171 Å². The number of amides is 1. The molecule has 6 nitrogen and oxygen atoms in total. The van der Waals surface area contributed by atoms with Crippen molar-refractivity contribution in [3.63, 3.8) is 0 Å². The Morgan fingerprint density at radius 3 is 2.71 bits per heavy atom. The first-order chi connectivity index (χ1) is 13.4. The van der Waals surface area contributed by atoms with E-state index in [4.69, 9.17) is 16.3 Å². The van der Waals surface area contributed by atoms with Crippen molar-refractivity contribution >= 4 is 17.5 Å². The van der Waals surface area contributed by atoms with Gasteiger partial charge in [-0.05, 0) is 49.9 Å². The van der Waals surface area contributed by atoms with E-state index in [0.717, 1.165) is 42.9 Å². The van der Waals surface area contributed by atoms with Crippen molar-refractivity contribution < 1.29 is 9.53 Å². The third-order valence-corrected chi connectivity index (χ3v) is 4.98. The van der Waals surface area contributed by atoms with Crippen molar-refractivity contribution in [1.29, 1.82) is 0 Å². The summed E-state index contributed by atoms with van der Waals surface area (Å²) in [6.45, 7) is 9.09. The second-order valence-electron chi connectivity index (χ2n) is 7.77. The number of nitrogens with zero attached hydrogens (tertiary/aromatic N) is 3. The van der Waals surface area contributed by atoms with E-state index < -0.39 is 0 Å². The van der Waals surface area contributed by atoms with Crippen LogP contribution in [-0.4, -0.2) is 40.4 Å². The lowest BCUT2D eigenvalue weighted by molar-refractivity contribution is 0.0744. The summed E-state index contributed by atoms with van der Waals surface area (Å²) in [5.41, 5.74) is 5.25. The molecule has 0 atom stereocenters. The molecule has 1 aromatic heterocycles. The summed E-state index contributed by atoms with van der Waals surface area (Å²) in [4.78, 5) is 12.6. The molecule has 3 rings (SSSR count). The highest BCUT2D eigenvalue weighted by molar-refractivity contribution is 6.30. The molecule has 1 aliphatic rings. The zero-order valence-electron chi connectivity index (χ0n) is 16.9. The number of aryl methyl sites for hydroxylation is 1. The lowest BCUT2D eigenvalue weighted by Gasteiger charge is -2.26. The summed E-state index contributed by atoms with van der Waals surface area (Å²) in [5.74, 6) is 1.07. The topological polar surface area (TPSA) is 59.4 Å². The van der Waals surface area contributed by atoms with E-state index in [1.807, 2.05) is 40.9 Å². The first kappa shape index (κ1) is 20.7. The number of aromatic nitrogens is 2. The zero-order valence-corrected chi connectivity index (χ0v) is 17.6. The van der Waals surface area contributed by atoms with Crippen molar-refractivity contribution in [3.05, 3.63) is 46.2 Å². The number of hydrogen-bond acceptors (Lipinski definition) is 4. The number of benzene rings is 1. The maximum Gasteiger partial charge on any atom is 0.286 e. The van der Waals surface area contributed by atoms with Crippen LogP contribution in [0.4, 0.5) is 0 Å². The minimum absolute atomic E-state index is 0.161. The summed E-state index contributed by atoms with van der Waals surface area (Å²) >= 11 is 6.19. The fourth-order valence-corrected chi connectivity index (χ4v) is 3.41. The second-order valence-corrected chi connectivity index (χ2v) is 8.21. The van der Waals surface area contributed by atoms with Gasteiger partial charge in [0.25, 0.3) is 5.91 Å². The van der Waals surface area contributed by atoms with E-state index in [1.54, 1.807) is 0 Å². The minimum atomic E-state index is -0.161. The lowest BCUT2D eigenvalue weighted by Crippen LogP contribution is -2.45. The van der Waals surface area contributed by atoms with Gasteiger partial charge in [0.15, 0.2) is 5.69 Å². The standard InChI is InChI=1S/C21H29ClN4O2/c1-15(2)14-28-20-8-7-18(22)12-17(20)13-26-16(3)11-19(23-26)21(27)24-25-9-5-4-6-10-25/h7-8,11-12,15H,4-6,9-10,13-14H2,1-3H3,(H,24,27). The number of carbonyl (C=O) groups is 1. The molecule has 0 saturated carbocycles. The molecule has 0 unspecified atom stereocenters. The van der Waals surface area contributed by atoms with Crippen LogP contribution in [0.5, 0.6) is 5.75 Å². The molecule has 1 aromatic carbocycles. The number of halogens is 1. The monoisotopic (exact) mass is 404 g/mol. The van der Waals surface area contributed by atoms with Crippen LogP contribution in [-0.2, 0) is 6.54 Å². The van der Waals surface area contributed by atoms with Crippen LogP contribution in [0.25, 0.3) is 0 Å². The number of carbonyl (C=O) groups excluding carboxylic acids is 1. The highest BCUT2D eigenvalue weighted by Gasteiger charge is 2.18. The van der Waals surface area contributed by atoms with Gasteiger partial charge in [-0.3, -0.25) is 14.9 Å². The van der Waals surface area contributed by atoms with Gasteiger partial charge in [-0.2, -0.15) is 5.10 Å². The Balaban J connectivity index is 1.73. The normalized spacial score (nSPS) is 15.0. The molecule has 0 bridgehead atoms. The third kappa shape index (κ3) is 5.49. The Bertz CT molecular complexity index is 813. The smallest absolute Gasteiger partial charge is 0.286 e. The fourth-order valence-electron chi connectivity index (χ4n) is 3.22. The van der Waals surface area contributed by atoms with Crippen molar-refractivity contribution in [2.45, 2.75) is 46.6 Å². The molecule has 2 heterocycles. The fraction of sp³-hybridized carbons (Fsp3) is 0.524. The summed E-state index contributed by atoms with van der Waals surface area (Å²) in [6, 6.07) is 7.43. The predicted molar refractivity (Wildman–Crippen MR) is 111 cm³/mol. The van der Waals surface area contributed by atoms with Gasteiger partial charge in [0.05, 0.1) is 13.2 Å². The van der Waals surface area contributed by atoms with Crippen LogP contribution in [0.1, 0.15) is 54.9 Å². The van der Waals surface area contributed by atoms with Gasteiger partial charge in [-0.25, -0.2) is 5.01 Å². The Morgan fingerprint density at radius 2 is 2.00 bits per heavy atom. The van der Waals surface area contributed by atoms with Gasteiger partial charge in [-0.1, -0.05) is 31.9 Å². The number of rotatable bonds is 7. The summed E-state index contributed by atoms with van der Waals surface area (Å²) in [7, 11) is 0. The molecule has 0 radical (unpaired) electrons. The average Bonchev–Trinajstić information content (AvgIpc) is 3.02. The maximum atomic E-state index is 12.6. The predicted octanol–water partition coefficient (Wildman–Crippen LogP) is 4.06. The molecular formula is C21H29ClN4O2. The summed E-state index contributed by atoms with van der Waals surface area (Å²) < 4.78 is 7.75. The Morgan fingerprint density at radius 1 is 1.25 bits per heavy atom. The number of nitrogens with one attached hydrogen (secondary N) is 1. The first-order valence-corrected chi connectivity index (χ1v) is 10.3. The number of piperidine rings is 1. The zero-order chi connectivity index (χ0) is 20.1. The molecule has 1 saturated heterocycles. The van der Waals surface area contributed by atoms with Crippen molar-refractivity contribution in [1.82, 2.24) is 20.2 Å².